The van der Waals surface area contributed by atoms with E-state index in [1.165, 1.54) is 5.56 Å². The van der Waals surface area contributed by atoms with E-state index in [0.717, 1.165) is 21.2 Å². The first kappa shape index (κ1) is 14.3. The monoisotopic (exact) mass is 293 g/mol. The number of aromatic nitrogens is 1. The van der Waals surface area contributed by atoms with Crippen molar-refractivity contribution in [3.05, 3.63) is 58.9 Å². The van der Waals surface area contributed by atoms with Gasteiger partial charge >= 0.3 is 0 Å². The van der Waals surface area contributed by atoms with Crippen LogP contribution < -0.4 is 11.3 Å². The van der Waals surface area contributed by atoms with Crippen LogP contribution in [0.5, 0.6) is 0 Å². The molecule has 100 valence electrons. The average Bonchev–Trinajstić information content (AvgIpc) is 2.43. The van der Waals surface area contributed by atoms with Crippen molar-refractivity contribution in [1.29, 1.82) is 0 Å². The number of halogens is 1. The van der Waals surface area contributed by atoms with Gasteiger partial charge in [0.1, 0.15) is 0 Å². The fraction of sp³-hybridized carbons (Fsp3) is 0.214. The first-order valence-corrected chi connectivity index (χ1v) is 7.32. The van der Waals surface area contributed by atoms with Crippen molar-refractivity contribution in [2.24, 2.45) is 5.84 Å². The van der Waals surface area contributed by atoms with Gasteiger partial charge in [-0.2, -0.15) is 0 Å². The minimum atomic E-state index is 0.0509. The van der Waals surface area contributed by atoms with Gasteiger partial charge in [0.15, 0.2) is 0 Å². The average molecular weight is 294 g/mol. The number of pyridine rings is 1. The zero-order chi connectivity index (χ0) is 13.7. The number of benzene rings is 1. The van der Waals surface area contributed by atoms with Gasteiger partial charge in [-0.05, 0) is 36.2 Å². The molecule has 1 aromatic heterocycles. The second kappa shape index (κ2) is 6.91. The van der Waals surface area contributed by atoms with Crippen LogP contribution in [0.25, 0.3) is 0 Å². The molecule has 0 bridgehead atoms. The number of aryl methyl sites for hydroxylation is 1. The molecule has 0 aliphatic heterocycles. The Kier molecular flexibility index (Phi) is 5.22. The van der Waals surface area contributed by atoms with Gasteiger partial charge in [-0.25, -0.2) is 0 Å². The fourth-order valence-electron chi connectivity index (χ4n) is 1.80. The highest BCUT2D eigenvalue weighted by molar-refractivity contribution is 7.99. The number of hydrogen-bond acceptors (Lipinski definition) is 4. The molecule has 0 aliphatic rings. The van der Waals surface area contributed by atoms with Crippen LogP contribution in [-0.4, -0.2) is 10.7 Å². The van der Waals surface area contributed by atoms with Crippen LogP contribution in [0, 0.1) is 6.92 Å². The summed E-state index contributed by atoms with van der Waals surface area (Å²) in [6.07, 6.45) is 3.64. The molecular formula is C14H16ClN3S. The highest BCUT2D eigenvalue weighted by atomic mass is 35.5. The maximum atomic E-state index is 6.14. The zero-order valence-corrected chi connectivity index (χ0v) is 12.2. The number of rotatable bonds is 5. The third-order valence-electron chi connectivity index (χ3n) is 2.90. The molecule has 1 unspecified atom stereocenters. The Morgan fingerprint density at radius 1 is 1.37 bits per heavy atom. The summed E-state index contributed by atoms with van der Waals surface area (Å²) in [7, 11) is 0. The Bertz CT molecular complexity index is 548. The number of thioether (sulfide) groups is 1. The quantitative estimate of drug-likeness (QED) is 0.504. The molecule has 3 nitrogen and oxygen atoms in total. The van der Waals surface area contributed by atoms with Crippen LogP contribution in [0.15, 0.2) is 47.6 Å². The van der Waals surface area contributed by atoms with Crippen LogP contribution in [0.4, 0.5) is 0 Å². The highest BCUT2D eigenvalue weighted by Gasteiger charge is 2.13. The van der Waals surface area contributed by atoms with Crippen LogP contribution in [0.2, 0.25) is 5.02 Å². The van der Waals surface area contributed by atoms with E-state index in [4.69, 9.17) is 17.4 Å². The molecule has 1 atom stereocenters. The van der Waals surface area contributed by atoms with E-state index < -0.39 is 0 Å². The fourth-order valence-corrected chi connectivity index (χ4v) is 3.11. The number of nitrogens with two attached hydrogens (primary N) is 1. The summed E-state index contributed by atoms with van der Waals surface area (Å²) >= 11 is 7.82. The molecule has 2 rings (SSSR count). The van der Waals surface area contributed by atoms with E-state index in [0.29, 0.717) is 0 Å². The standard InChI is InChI=1S/C14H16ClN3S/c1-10-6-7-17-8-11(10)13(18-16)9-19-14-5-3-2-4-12(14)15/h2-8,13,18H,9,16H2,1H3. The van der Waals surface area contributed by atoms with Gasteiger partial charge in [0.05, 0.1) is 11.1 Å². The first-order valence-electron chi connectivity index (χ1n) is 5.96. The predicted molar refractivity (Wildman–Crippen MR) is 81.2 cm³/mol. The highest BCUT2D eigenvalue weighted by Crippen LogP contribution is 2.30. The van der Waals surface area contributed by atoms with Crippen molar-refractivity contribution in [3.63, 3.8) is 0 Å². The van der Waals surface area contributed by atoms with Crippen LogP contribution >= 0.6 is 23.4 Å². The Hall–Kier alpha value is -1.07. The molecule has 0 spiro atoms. The van der Waals surface area contributed by atoms with E-state index in [1.54, 1.807) is 18.0 Å². The van der Waals surface area contributed by atoms with E-state index in [9.17, 15) is 0 Å². The van der Waals surface area contributed by atoms with E-state index in [-0.39, 0.29) is 6.04 Å². The van der Waals surface area contributed by atoms with Crippen molar-refractivity contribution < 1.29 is 0 Å². The molecule has 0 saturated heterocycles. The Labute approximate surface area is 122 Å². The van der Waals surface area contributed by atoms with Crippen molar-refractivity contribution in [2.45, 2.75) is 17.9 Å². The summed E-state index contributed by atoms with van der Waals surface area (Å²) in [6.45, 7) is 2.06. The van der Waals surface area contributed by atoms with Crippen LogP contribution in [0.3, 0.4) is 0 Å². The lowest BCUT2D eigenvalue weighted by atomic mass is 10.1. The summed E-state index contributed by atoms with van der Waals surface area (Å²) in [6, 6.07) is 9.85. The molecule has 0 aliphatic carbocycles. The van der Waals surface area contributed by atoms with Gasteiger partial charge in [0.25, 0.3) is 0 Å². The Morgan fingerprint density at radius 3 is 2.84 bits per heavy atom. The topological polar surface area (TPSA) is 50.9 Å². The van der Waals surface area contributed by atoms with Gasteiger partial charge in [-0.1, -0.05) is 23.7 Å². The lowest BCUT2D eigenvalue weighted by Crippen LogP contribution is -2.30. The Balaban J connectivity index is 2.09. The molecule has 2 aromatic rings. The van der Waals surface area contributed by atoms with E-state index >= 15 is 0 Å². The molecule has 3 N–H and O–H groups in total. The molecule has 0 radical (unpaired) electrons. The van der Waals surface area contributed by atoms with Crippen LogP contribution in [-0.2, 0) is 0 Å². The summed E-state index contributed by atoms with van der Waals surface area (Å²) in [4.78, 5) is 5.22. The number of nitrogens with one attached hydrogen (secondary N) is 1. The molecule has 0 saturated carbocycles. The molecule has 0 fully saturated rings. The minimum absolute atomic E-state index is 0.0509. The van der Waals surface area contributed by atoms with Gasteiger partial charge < -0.3 is 0 Å². The predicted octanol–water partition coefficient (Wildman–Crippen LogP) is 3.34. The second-order valence-electron chi connectivity index (χ2n) is 4.19. The zero-order valence-electron chi connectivity index (χ0n) is 10.6. The SMILES string of the molecule is Cc1ccncc1C(CSc1ccccc1Cl)NN. The number of hydrazine groups is 1. The van der Waals surface area contributed by atoms with Gasteiger partial charge in [-0.15, -0.1) is 11.8 Å². The summed E-state index contributed by atoms with van der Waals surface area (Å²) in [5, 5.41) is 0.770. The molecule has 19 heavy (non-hydrogen) atoms. The van der Waals surface area contributed by atoms with Crippen molar-refractivity contribution >= 4 is 23.4 Å². The first-order chi connectivity index (χ1) is 9.22. The van der Waals surface area contributed by atoms with Gasteiger partial charge in [-0.3, -0.25) is 16.3 Å². The smallest absolute Gasteiger partial charge is 0.0571 e. The molecule has 0 amide bonds. The molecule has 1 heterocycles. The summed E-state index contributed by atoms with van der Waals surface area (Å²) in [5.41, 5.74) is 5.14. The van der Waals surface area contributed by atoms with Crippen molar-refractivity contribution in [1.82, 2.24) is 10.4 Å². The van der Waals surface area contributed by atoms with Crippen molar-refractivity contribution in [2.75, 3.05) is 5.75 Å². The summed E-state index contributed by atoms with van der Waals surface area (Å²) in [5.74, 6) is 6.45. The van der Waals surface area contributed by atoms with Gasteiger partial charge in [0, 0.05) is 23.0 Å². The lowest BCUT2D eigenvalue weighted by Gasteiger charge is -2.17. The van der Waals surface area contributed by atoms with Crippen LogP contribution in [0.1, 0.15) is 17.2 Å². The molecule has 5 heteroatoms. The normalized spacial score (nSPS) is 12.4. The summed E-state index contributed by atoms with van der Waals surface area (Å²) < 4.78 is 0. The van der Waals surface area contributed by atoms with E-state index in [1.807, 2.05) is 36.5 Å². The Morgan fingerprint density at radius 2 is 2.16 bits per heavy atom. The lowest BCUT2D eigenvalue weighted by molar-refractivity contribution is 0.605. The maximum Gasteiger partial charge on any atom is 0.0571 e. The largest absolute Gasteiger partial charge is 0.271 e. The number of hydrogen-bond donors (Lipinski definition) is 2. The molecular weight excluding hydrogens is 278 g/mol. The van der Waals surface area contributed by atoms with Crippen molar-refractivity contribution in [3.8, 4) is 0 Å². The number of nitrogens with zero attached hydrogens (tertiary/aromatic N) is 1. The second-order valence-corrected chi connectivity index (χ2v) is 5.66. The third-order valence-corrected chi connectivity index (χ3v) is 4.51. The van der Waals surface area contributed by atoms with E-state index in [2.05, 4.69) is 17.3 Å². The minimum Gasteiger partial charge on any atom is -0.271 e. The maximum absolute atomic E-state index is 6.14. The van der Waals surface area contributed by atoms with Gasteiger partial charge in [0.2, 0.25) is 0 Å². The third kappa shape index (κ3) is 3.70. The molecule has 1 aromatic carbocycles.